The number of aromatic carboxylic acids is 1. The van der Waals surface area contributed by atoms with E-state index in [1.165, 1.54) is 12.3 Å². The number of hydrogen-bond acceptors (Lipinski definition) is 4. The van der Waals surface area contributed by atoms with E-state index in [1.54, 1.807) is 25.9 Å². The zero-order chi connectivity index (χ0) is 14.6. The highest BCUT2D eigenvalue weighted by Crippen LogP contribution is 2.23. The van der Waals surface area contributed by atoms with Crippen LogP contribution in [0.2, 0.25) is 5.02 Å². The summed E-state index contributed by atoms with van der Waals surface area (Å²) in [5.74, 6) is -0.943. The minimum Gasteiger partial charge on any atom is -0.478 e. The first-order chi connectivity index (χ1) is 8.86. The van der Waals surface area contributed by atoms with Crippen LogP contribution < -0.4 is 10.2 Å². The summed E-state index contributed by atoms with van der Waals surface area (Å²) in [4.78, 5) is 27.9. The Morgan fingerprint density at radius 1 is 1.58 bits per heavy atom. The van der Waals surface area contributed by atoms with Gasteiger partial charge in [-0.3, -0.25) is 4.79 Å². The van der Waals surface area contributed by atoms with Crippen LogP contribution in [0.5, 0.6) is 0 Å². The zero-order valence-electron chi connectivity index (χ0n) is 11.0. The third-order valence-corrected chi connectivity index (χ3v) is 2.95. The van der Waals surface area contributed by atoms with Crippen molar-refractivity contribution in [1.29, 1.82) is 0 Å². The SMILES string of the molecule is CNC(=O)C(C)CN(C)c1ncc(C(=O)O)cc1Cl. The third-order valence-electron chi connectivity index (χ3n) is 2.67. The Bertz CT molecular complexity index is 493. The average Bonchev–Trinajstić information content (AvgIpc) is 2.37. The summed E-state index contributed by atoms with van der Waals surface area (Å²) < 4.78 is 0. The molecule has 7 heteroatoms. The van der Waals surface area contributed by atoms with Crippen LogP contribution in [0.15, 0.2) is 12.3 Å². The molecule has 0 aliphatic rings. The lowest BCUT2D eigenvalue weighted by atomic mass is 10.1. The maximum Gasteiger partial charge on any atom is 0.337 e. The van der Waals surface area contributed by atoms with E-state index in [4.69, 9.17) is 16.7 Å². The zero-order valence-corrected chi connectivity index (χ0v) is 11.7. The predicted molar refractivity (Wildman–Crippen MR) is 72.7 cm³/mol. The van der Waals surface area contributed by atoms with Gasteiger partial charge in [-0.1, -0.05) is 18.5 Å². The van der Waals surface area contributed by atoms with E-state index in [1.807, 2.05) is 0 Å². The highest BCUT2D eigenvalue weighted by molar-refractivity contribution is 6.33. The third kappa shape index (κ3) is 3.82. The van der Waals surface area contributed by atoms with Crippen molar-refractivity contribution in [3.8, 4) is 0 Å². The minimum atomic E-state index is -1.08. The highest BCUT2D eigenvalue weighted by atomic mass is 35.5. The maximum absolute atomic E-state index is 11.4. The van der Waals surface area contributed by atoms with E-state index in [0.717, 1.165) is 0 Å². The second-order valence-corrected chi connectivity index (χ2v) is 4.64. The largest absolute Gasteiger partial charge is 0.478 e. The average molecular weight is 286 g/mol. The smallest absolute Gasteiger partial charge is 0.337 e. The van der Waals surface area contributed by atoms with Crippen molar-refractivity contribution in [2.24, 2.45) is 5.92 Å². The lowest BCUT2D eigenvalue weighted by molar-refractivity contribution is -0.123. The summed E-state index contributed by atoms with van der Waals surface area (Å²) in [6.07, 6.45) is 1.24. The van der Waals surface area contributed by atoms with Gasteiger partial charge in [0.2, 0.25) is 5.91 Å². The second kappa shape index (κ2) is 6.38. The molecule has 1 heterocycles. The normalized spacial score (nSPS) is 11.8. The van der Waals surface area contributed by atoms with Crippen LogP contribution >= 0.6 is 11.6 Å². The number of nitrogens with one attached hydrogen (secondary N) is 1. The van der Waals surface area contributed by atoms with Gasteiger partial charge < -0.3 is 15.3 Å². The van der Waals surface area contributed by atoms with Gasteiger partial charge in [-0.2, -0.15) is 0 Å². The van der Waals surface area contributed by atoms with Crippen LogP contribution in [0.25, 0.3) is 0 Å². The summed E-state index contributed by atoms with van der Waals surface area (Å²) >= 11 is 6.00. The van der Waals surface area contributed by atoms with Crippen molar-refractivity contribution in [2.75, 3.05) is 25.5 Å². The van der Waals surface area contributed by atoms with Crippen molar-refractivity contribution in [2.45, 2.75) is 6.92 Å². The number of pyridine rings is 1. The van der Waals surface area contributed by atoms with Gasteiger partial charge in [0.25, 0.3) is 0 Å². The standard InChI is InChI=1S/C12H16ClN3O3/c1-7(11(17)14-2)6-16(3)10-9(13)4-8(5-15-10)12(18)19/h4-5,7H,6H2,1-3H3,(H,14,17)(H,18,19). The summed E-state index contributed by atoms with van der Waals surface area (Å²) in [6, 6.07) is 1.34. The molecule has 0 aromatic carbocycles. The van der Waals surface area contributed by atoms with Crippen molar-refractivity contribution < 1.29 is 14.7 Å². The number of amides is 1. The molecule has 1 rings (SSSR count). The van der Waals surface area contributed by atoms with Crippen LogP contribution in [0.4, 0.5) is 5.82 Å². The molecule has 0 fully saturated rings. The van der Waals surface area contributed by atoms with Gasteiger partial charge in [-0.25, -0.2) is 9.78 Å². The predicted octanol–water partition coefficient (Wildman–Crippen LogP) is 1.25. The van der Waals surface area contributed by atoms with Crippen LogP contribution in [0.1, 0.15) is 17.3 Å². The van der Waals surface area contributed by atoms with E-state index >= 15 is 0 Å². The number of carboxylic acid groups (broad SMARTS) is 1. The molecule has 104 valence electrons. The molecule has 19 heavy (non-hydrogen) atoms. The molecule has 0 bridgehead atoms. The fourth-order valence-corrected chi connectivity index (χ4v) is 1.97. The molecule has 1 aromatic heterocycles. The molecular weight excluding hydrogens is 270 g/mol. The fourth-order valence-electron chi connectivity index (χ4n) is 1.66. The molecule has 0 radical (unpaired) electrons. The summed E-state index contributed by atoms with van der Waals surface area (Å²) in [7, 11) is 3.32. The van der Waals surface area contributed by atoms with Gasteiger partial charge in [0.05, 0.1) is 16.5 Å². The van der Waals surface area contributed by atoms with Gasteiger partial charge in [0, 0.05) is 26.8 Å². The first kappa shape index (κ1) is 15.2. The Morgan fingerprint density at radius 2 is 2.21 bits per heavy atom. The van der Waals surface area contributed by atoms with E-state index in [0.29, 0.717) is 12.4 Å². The lowest BCUT2D eigenvalue weighted by Gasteiger charge is -2.22. The number of carboxylic acids is 1. The van der Waals surface area contributed by atoms with Crippen molar-refractivity contribution >= 4 is 29.3 Å². The number of hydrogen-bond donors (Lipinski definition) is 2. The van der Waals surface area contributed by atoms with Crippen molar-refractivity contribution in [1.82, 2.24) is 10.3 Å². The second-order valence-electron chi connectivity index (χ2n) is 4.23. The van der Waals surface area contributed by atoms with Gasteiger partial charge >= 0.3 is 5.97 Å². The Labute approximate surface area is 116 Å². The molecule has 0 aliphatic heterocycles. The number of rotatable bonds is 5. The Hall–Kier alpha value is -1.82. The fraction of sp³-hybridized carbons (Fsp3) is 0.417. The maximum atomic E-state index is 11.4. The van der Waals surface area contributed by atoms with Crippen LogP contribution in [0, 0.1) is 5.92 Å². The van der Waals surface area contributed by atoms with Crippen LogP contribution in [-0.2, 0) is 4.79 Å². The summed E-state index contributed by atoms with van der Waals surface area (Å²) in [5, 5.41) is 11.6. The first-order valence-corrected chi connectivity index (χ1v) is 6.06. The minimum absolute atomic E-state index is 0.0292. The molecule has 1 atom stereocenters. The van der Waals surface area contributed by atoms with Gasteiger partial charge in [0.15, 0.2) is 0 Å². The Balaban J connectivity index is 2.85. The summed E-state index contributed by atoms with van der Waals surface area (Å²) in [6.45, 7) is 2.22. The molecule has 0 saturated carbocycles. The Kier molecular flexibility index (Phi) is 5.11. The molecule has 2 N–H and O–H groups in total. The van der Waals surface area contributed by atoms with Gasteiger partial charge in [-0.15, -0.1) is 0 Å². The van der Waals surface area contributed by atoms with Crippen molar-refractivity contribution in [3.05, 3.63) is 22.8 Å². The van der Waals surface area contributed by atoms with E-state index in [2.05, 4.69) is 10.3 Å². The quantitative estimate of drug-likeness (QED) is 0.851. The van der Waals surface area contributed by atoms with E-state index < -0.39 is 5.97 Å². The number of aromatic nitrogens is 1. The number of carbonyl (C=O) groups excluding carboxylic acids is 1. The van der Waals surface area contributed by atoms with Crippen LogP contribution in [0.3, 0.4) is 0 Å². The molecule has 0 spiro atoms. The van der Waals surface area contributed by atoms with E-state index in [9.17, 15) is 9.59 Å². The van der Waals surface area contributed by atoms with Crippen molar-refractivity contribution in [3.63, 3.8) is 0 Å². The lowest BCUT2D eigenvalue weighted by Crippen LogP contribution is -2.34. The van der Waals surface area contributed by atoms with Gasteiger partial charge in [-0.05, 0) is 6.07 Å². The summed E-state index contributed by atoms with van der Waals surface area (Å²) in [5.41, 5.74) is 0.0292. The van der Waals surface area contributed by atoms with Crippen LogP contribution in [-0.4, -0.2) is 42.6 Å². The number of carbonyl (C=O) groups is 2. The molecule has 0 aliphatic carbocycles. The molecular formula is C12H16ClN3O3. The van der Waals surface area contributed by atoms with Gasteiger partial charge in [0.1, 0.15) is 5.82 Å². The number of halogens is 1. The number of nitrogens with zero attached hydrogens (tertiary/aromatic N) is 2. The molecule has 1 amide bonds. The Morgan fingerprint density at radius 3 is 2.68 bits per heavy atom. The number of anilines is 1. The molecule has 1 unspecified atom stereocenters. The molecule has 1 aromatic rings. The molecule has 6 nitrogen and oxygen atoms in total. The van der Waals surface area contributed by atoms with E-state index in [-0.39, 0.29) is 22.4 Å². The highest BCUT2D eigenvalue weighted by Gasteiger charge is 2.17. The molecule has 0 saturated heterocycles. The monoisotopic (exact) mass is 285 g/mol. The topological polar surface area (TPSA) is 82.5 Å². The first-order valence-electron chi connectivity index (χ1n) is 5.68.